The molecule has 37 heavy (non-hydrogen) atoms. The van der Waals surface area contributed by atoms with Crippen LogP contribution >= 0.6 is 0 Å². The van der Waals surface area contributed by atoms with Gasteiger partial charge in [-0.05, 0) is 66.0 Å². The van der Waals surface area contributed by atoms with E-state index in [1.165, 1.54) is 0 Å². The van der Waals surface area contributed by atoms with Crippen molar-refractivity contribution in [2.24, 2.45) is 0 Å². The van der Waals surface area contributed by atoms with E-state index in [2.05, 4.69) is 132 Å². The molecule has 2 rings (SSSR count). The molecular weight excluding hydrogens is 509 g/mol. The van der Waals surface area contributed by atoms with Gasteiger partial charge in [0.05, 0.1) is 6.61 Å². The standard InChI is InChI=1S/C30H56O4Si3/c1-28(2,3)35(10,11)31-22-26-27(34-37(14,15)30(7,8)9)25(33-36(12,13)29(4,5)6)21-24(32-26)23-19-17-16-18-20-23/h16-21,24,26-27H,22H2,1-15H3/t24-,26+,27-/m0/s1. The summed E-state index contributed by atoms with van der Waals surface area (Å²) in [6.07, 6.45) is 1.43. The third kappa shape index (κ3) is 7.92. The van der Waals surface area contributed by atoms with Gasteiger partial charge in [0.25, 0.3) is 0 Å². The van der Waals surface area contributed by atoms with Gasteiger partial charge in [-0.1, -0.05) is 92.6 Å². The second-order valence-electron chi connectivity index (χ2n) is 15.3. The van der Waals surface area contributed by atoms with Gasteiger partial charge in [-0.25, -0.2) is 0 Å². The Labute approximate surface area is 231 Å². The van der Waals surface area contributed by atoms with Crippen LogP contribution in [-0.4, -0.2) is 43.8 Å². The number of hydrogen-bond donors (Lipinski definition) is 0. The first kappa shape index (κ1) is 32.5. The van der Waals surface area contributed by atoms with Gasteiger partial charge in [-0.3, -0.25) is 0 Å². The van der Waals surface area contributed by atoms with Crippen molar-refractivity contribution in [3.63, 3.8) is 0 Å². The summed E-state index contributed by atoms with van der Waals surface area (Å²) < 4.78 is 27.8. The van der Waals surface area contributed by atoms with Crippen molar-refractivity contribution in [2.75, 3.05) is 6.61 Å². The van der Waals surface area contributed by atoms with Crippen LogP contribution in [0.2, 0.25) is 54.4 Å². The highest BCUT2D eigenvalue weighted by atomic mass is 28.4. The van der Waals surface area contributed by atoms with Crippen LogP contribution in [0.3, 0.4) is 0 Å². The smallest absolute Gasteiger partial charge is 0.250 e. The number of rotatable bonds is 8. The lowest BCUT2D eigenvalue weighted by Crippen LogP contribution is -2.54. The topological polar surface area (TPSA) is 36.9 Å². The maximum atomic E-state index is 7.14. The van der Waals surface area contributed by atoms with Crippen LogP contribution in [0.4, 0.5) is 0 Å². The molecular formula is C30H56O4Si3. The number of ether oxygens (including phenoxy) is 1. The summed E-state index contributed by atoms with van der Waals surface area (Å²) in [7, 11) is -6.25. The zero-order valence-electron chi connectivity index (χ0n) is 26.5. The van der Waals surface area contributed by atoms with E-state index < -0.39 is 25.0 Å². The summed E-state index contributed by atoms with van der Waals surface area (Å²) in [6.45, 7) is 34.9. The van der Waals surface area contributed by atoms with Crippen molar-refractivity contribution >= 4 is 25.0 Å². The average molecular weight is 565 g/mol. The predicted molar refractivity (Wildman–Crippen MR) is 166 cm³/mol. The second-order valence-corrected chi connectivity index (χ2v) is 29.6. The Morgan fingerprint density at radius 3 is 1.65 bits per heavy atom. The molecule has 1 aromatic carbocycles. The van der Waals surface area contributed by atoms with Gasteiger partial charge in [-0.15, -0.1) is 0 Å². The van der Waals surface area contributed by atoms with Crippen LogP contribution in [0.1, 0.15) is 74.0 Å². The van der Waals surface area contributed by atoms with Gasteiger partial charge in [0.1, 0.15) is 24.1 Å². The minimum atomic E-state index is -2.14. The summed E-state index contributed by atoms with van der Waals surface area (Å²) in [4.78, 5) is 0. The summed E-state index contributed by atoms with van der Waals surface area (Å²) in [5.41, 5.74) is 1.13. The molecule has 1 aromatic rings. The summed E-state index contributed by atoms with van der Waals surface area (Å²) in [6, 6.07) is 10.4. The molecule has 0 aliphatic carbocycles. The van der Waals surface area contributed by atoms with Crippen molar-refractivity contribution in [3.05, 3.63) is 47.7 Å². The van der Waals surface area contributed by atoms with E-state index in [-0.39, 0.29) is 33.4 Å². The zero-order valence-corrected chi connectivity index (χ0v) is 29.5. The van der Waals surface area contributed by atoms with E-state index >= 15 is 0 Å². The highest BCUT2D eigenvalue weighted by Gasteiger charge is 2.48. The summed E-state index contributed by atoms with van der Waals surface area (Å²) in [5.74, 6) is 0.931. The fourth-order valence-electron chi connectivity index (χ4n) is 3.35. The lowest BCUT2D eigenvalue weighted by Gasteiger charge is -2.47. The van der Waals surface area contributed by atoms with Crippen LogP contribution in [0, 0.1) is 0 Å². The van der Waals surface area contributed by atoms with E-state index in [0.717, 1.165) is 11.3 Å². The van der Waals surface area contributed by atoms with E-state index in [4.69, 9.17) is 18.0 Å². The highest BCUT2D eigenvalue weighted by molar-refractivity contribution is 6.75. The molecule has 1 heterocycles. The Morgan fingerprint density at radius 1 is 0.703 bits per heavy atom. The molecule has 4 nitrogen and oxygen atoms in total. The molecule has 0 saturated carbocycles. The average Bonchev–Trinajstić information content (AvgIpc) is 2.71. The minimum Gasteiger partial charge on any atom is -0.545 e. The largest absolute Gasteiger partial charge is 0.545 e. The van der Waals surface area contributed by atoms with Gasteiger partial charge in [0.2, 0.25) is 8.32 Å². The maximum Gasteiger partial charge on any atom is 0.250 e. The van der Waals surface area contributed by atoms with Gasteiger partial charge >= 0.3 is 0 Å². The third-order valence-corrected chi connectivity index (χ3v) is 22.5. The van der Waals surface area contributed by atoms with Crippen LogP contribution in [0.25, 0.3) is 0 Å². The summed E-state index contributed by atoms with van der Waals surface area (Å²) in [5, 5.41) is 0.256. The summed E-state index contributed by atoms with van der Waals surface area (Å²) >= 11 is 0. The van der Waals surface area contributed by atoms with Crippen LogP contribution in [0.5, 0.6) is 0 Å². The zero-order chi connectivity index (χ0) is 28.7. The Kier molecular flexibility index (Phi) is 9.70. The fraction of sp³-hybridized carbons (Fsp3) is 0.733. The molecule has 0 fully saturated rings. The molecule has 0 N–H and O–H groups in total. The number of benzene rings is 1. The van der Waals surface area contributed by atoms with E-state index in [9.17, 15) is 0 Å². The molecule has 0 radical (unpaired) electrons. The van der Waals surface area contributed by atoms with Crippen molar-refractivity contribution in [2.45, 2.75) is 135 Å². The van der Waals surface area contributed by atoms with Crippen molar-refractivity contribution in [1.29, 1.82) is 0 Å². The van der Waals surface area contributed by atoms with Crippen LogP contribution < -0.4 is 0 Å². The van der Waals surface area contributed by atoms with Gasteiger partial charge in [0, 0.05) is 0 Å². The Balaban J connectivity index is 2.60. The first-order chi connectivity index (χ1) is 16.5. The normalized spacial score (nSPS) is 22.6. The molecule has 1 aliphatic heterocycles. The second kappa shape index (κ2) is 11.0. The Hall–Kier alpha value is -0.709. The molecule has 0 aromatic heterocycles. The molecule has 7 heteroatoms. The van der Waals surface area contributed by atoms with Crippen LogP contribution in [-0.2, 0) is 18.0 Å². The fourth-order valence-corrected chi connectivity index (χ4v) is 6.70. The van der Waals surface area contributed by atoms with Gasteiger partial charge < -0.3 is 18.0 Å². The molecule has 1 aliphatic rings. The molecule has 0 spiro atoms. The quantitative estimate of drug-likeness (QED) is 0.295. The minimum absolute atomic E-state index is 0.0657. The third-order valence-electron chi connectivity index (χ3n) is 9.20. The van der Waals surface area contributed by atoms with E-state index in [1.54, 1.807) is 0 Å². The molecule has 0 unspecified atom stereocenters. The predicted octanol–water partition coefficient (Wildman–Crippen LogP) is 9.44. The molecule has 212 valence electrons. The van der Waals surface area contributed by atoms with Crippen molar-refractivity contribution in [3.8, 4) is 0 Å². The SMILES string of the molecule is CC(C)(C)[Si](C)(C)OC[C@H]1O[C@H](c2ccccc2)C=C(O[Si](C)(C)C(C)(C)C)[C@@H]1O[Si](C)(C)C(C)(C)C. The lowest BCUT2D eigenvalue weighted by molar-refractivity contribution is -0.0907. The van der Waals surface area contributed by atoms with E-state index in [0.29, 0.717) is 6.61 Å². The molecule has 3 atom stereocenters. The highest BCUT2D eigenvalue weighted by Crippen LogP contribution is 2.45. The van der Waals surface area contributed by atoms with Crippen molar-refractivity contribution in [1.82, 2.24) is 0 Å². The molecule has 0 bridgehead atoms. The molecule has 0 saturated heterocycles. The van der Waals surface area contributed by atoms with E-state index in [1.807, 2.05) is 6.07 Å². The lowest BCUT2D eigenvalue weighted by atomic mass is 10.0. The monoisotopic (exact) mass is 564 g/mol. The first-order valence-electron chi connectivity index (χ1n) is 13.9. The maximum absolute atomic E-state index is 7.14. The van der Waals surface area contributed by atoms with Gasteiger partial charge in [0.15, 0.2) is 16.6 Å². The Morgan fingerprint density at radius 2 is 1.19 bits per heavy atom. The Bertz CT molecular complexity index is 919. The van der Waals surface area contributed by atoms with Gasteiger partial charge in [-0.2, -0.15) is 0 Å². The molecule has 0 amide bonds. The van der Waals surface area contributed by atoms with Crippen molar-refractivity contribution < 1.29 is 18.0 Å². The first-order valence-corrected chi connectivity index (χ1v) is 22.6. The number of hydrogen-bond acceptors (Lipinski definition) is 4. The van der Waals surface area contributed by atoms with Crippen LogP contribution in [0.15, 0.2) is 42.2 Å².